The zero-order valence-corrected chi connectivity index (χ0v) is 12.2. The van der Waals surface area contributed by atoms with Gasteiger partial charge in [-0.15, -0.1) is 0 Å². The van der Waals surface area contributed by atoms with Gasteiger partial charge in [0.1, 0.15) is 0 Å². The second-order valence-electron chi connectivity index (χ2n) is 5.90. The van der Waals surface area contributed by atoms with Gasteiger partial charge in [-0.05, 0) is 39.2 Å². The third-order valence-corrected chi connectivity index (χ3v) is 3.94. The molecule has 0 aromatic rings. The van der Waals surface area contributed by atoms with Gasteiger partial charge in [0, 0.05) is 25.1 Å². The Morgan fingerprint density at radius 2 is 2.00 bits per heavy atom. The number of hydrogen-bond acceptors (Lipinski definition) is 3. The smallest absolute Gasteiger partial charge is 0.0963 e. The molecular formula is C14H29N3O. The molecule has 18 heavy (non-hydrogen) atoms. The number of nitrogens with one attached hydrogen (secondary N) is 1. The average molecular weight is 255 g/mol. The van der Waals surface area contributed by atoms with Gasteiger partial charge in [-0.3, -0.25) is 5.41 Å². The van der Waals surface area contributed by atoms with Crippen molar-refractivity contribution in [2.45, 2.75) is 52.6 Å². The Balaban J connectivity index is 2.16. The van der Waals surface area contributed by atoms with E-state index in [0.29, 0.717) is 11.9 Å². The van der Waals surface area contributed by atoms with E-state index < -0.39 is 0 Å². The number of likely N-dealkylation sites (tertiary alicyclic amines) is 1. The number of nitrogens with two attached hydrogens (primary N) is 1. The summed E-state index contributed by atoms with van der Waals surface area (Å²) in [6.07, 6.45) is 4.90. The topological polar surface area (TPSA) is 62.3 Å². The summed E-state index contributed by atoms with van der Waals surface area (Å²) in [6.45, 7) is 10.4. The number of amidine groups is 1. The van der Waals surface area contributed by atoms with Crippen LogP contribution in [0.15, 0.2) is 0 Å². The summed E-state index contributed by atoms with van der Waals surface area (Å²) in [6, 6.07) is 0. The summed E-state index contributed by atoms with van der Waals surface area (Å²) >= 11 is 0. The van der Waals surface area contributed by atoms with Gasteiger partial charge in [0.25, 0.3) is 0 Å². The highest BCUT2D eigenvalue weighted by Gasteiger charge is 2.23. The highest BCUT2D eigenvalue weighted by atomic mass is 16.5. The molecule has 1 aliphatic rings. The summed E-state index contributed by atoms with van der Waals surface area (Å²) < 4.78 is 5.65. The maximum Gasteiger partial charge on any atom is 0.0963 e. The second-order valence-corrected chi connectivity index (χ2v) is 5.90. The Morgan fingerprint density at radius 1 is 1.39 bits per heavy atom. The lowest BCUT2D eigenvalue weighted by Crippen LogP contribution is -2.38. The van der Waals surface area contributed by atoms with E-state index in [1.807, 2.05) is 0 Å². The normalized spacial score (nSPS) is 19.1. The van der Waals surface area contributed by atoms with Crippen LogP contribution < -0.4 is 5.73 Å². The van der Waals surface area contributed by atoms with Gasteiger partial charge < -0.3 is 15.4 Å². The number of piperidine rings is 1. The minimum absolute atomic E-state index is 0.149. The number of rotatable bonds is 7. The van der Waals surface area contributed by atoms with Crippen LogP contribution in [0.3, 0.4) is 0 Å². The maximum atomic E-state index is 7.54. The van der Waals surface area contributed by atoms with Crippen LogP contribution in [0.2, 0.25) is 0 Å². The molecule has 4 nitrogen and oxygen atoms in total. The van der Waals surface area contributed by atoms with Gasteiger partial charge in [-0.25, -0.2) is 0 Å². The summed E-state index contributed by atoms with van der Waals surface area (Å²) in [5.74, 6) is 0.303. The summed E-state index contributed by atoms with van der Waals surface area (Å²) in [4.78, 5) is 2.51. The molecule has 1 fully saturated rings. The first kappa shape index (κ1) is 15.4. The maximum absolute atomic E-state index is 7.54. The molecule has 1 rings (SSSR count). The average Bonchev–Trinajstić information content (AvgIpc) is 2.31. The molecule has 0 aromatic heterocycles. The predicted octanol–water partition coefficient (Wildman–Crippen LogP) is 2.23. The Morgan fingerprint density at radius 3 is 2.50 bits per heavy atom. The third kappa shape index (κ3) is 4.94. The monoisotopic (exact) mass is 255 g/mol. The molecule has 0 aromatic carbocycles. The Bertz CT molecular complexity index is 258. The molecule has 1 heterocycles. The van der Waals surface area contributed by atoms with E-state index in [-0.39, 0.29) is 5.41 Å². The minimum atomic E-state index is -0.149. The second kappa shape index (κ2) is 7.10. The Kier molecular flexibility index (Phi) is 6.09. The third-order valence-electron chi connectivity index (χ3n) is 3.94. The molecule has 1 saturated heterocycles. The quantitative estimate of drug-likeness (QED) is 0.541. The van der Waals surface area contributed by atoms with E-state index >= 15 is 0 Å². The largest absolute Gasteiger partial charge is 0.387 e. The van der Waals surface area contributed by atoms with Crippen molar-refractivity contribution >= 4 is 5.84 Å². The van der Waals surface area contributed by atoms with Crippen LogP contribution in [-0.4, -0.2) is 43.1 Å². The molecule has 0 aliphatic carbocycles. The number of hydrogen-bond donors (Lipinski definition) is 2. The zero-order valence-electron chi connectivity index (χ0n) is 12.2. The highest BCUT2D eigenvalue weighted by Crippen LogP contribution is 2.22. The summed E-state index contributed by atoms with van der Waals surface area (Å²) in [7, 11) is 0. The summed E-state index contributed by atoms with van der Waals surface area (Å²) in [5.41, 5.74) is 5.44. The Hall–Kier alpha value is -0.610. The van der Waals surface area contributed by atoms with E-state index in [9.17, 15) is 0 Å². The predicted molar refractivity (Wildman–Crippen MR) is 76.0 cm³/mol. The van der Waals surface area contributed by atoms with Crippen LogP contribution in [-0.2, 0) is 4.74 Å². The Labute approximate surface area is 111 Å². The molecular weight excluding hydrogens is 226 g/mol. The van der Waals surface area contributed by atoms with Gasteiger partial charge in [0.05, 0.1) is 11.9 Å². The molecule has 0 spiro atoms. The fourth-order valence-electron chi connectivity index (χ4n) is 2.41. The van der Waals surface area contributed by atoms with Crippen molar-refractivity contribution < 1.29 is 4.74 Å². The van der Waals surface area contributed by atoms with Crippen molar-refractivity contribution in [3.05, 3.63) is 0 Å². The van der Waals surface area contributed by atoms with E-state index in [1.165, 1.54) is 0 Å². The van der Waals surface area contributed by atoms with Gasteiger partial charge in [0.2, 0.25) is 0 Å². The van der Waals surface area contributed by atoms with Crippen LogP contribution in [0.5, 0.6) is 0 Å². The van der Waals surface area contributed by atoms with Crippen molar-refractivity contribution in [1.82, 2.24) is 4.90 Å². The van der Waals surface area contributed by atoms with Crippen LogP contribution >= 0.6 is 0 Å². The lowest BCUT2D eigenvalue weighted by atomic mass is 9.86. The van der Waals surface area contributed by atoms with Gasteiger partial charge >= 0.3 is 0 Å². The van der Waals surface area contributed by atoms with Crippen molar-refractivity contribution in [3.63, 3.8) is 0 Å². The molecule has 0 radical (unpaired) electrons. The van der Waals surface area contributed by atoms with Gasteiger partial charge in [-0.2, -0.15) is 0 Å². The van der Waals surface area contributed by atoms with Crippen molar-refractivity contribution in [3.8, 4) is 0 Å². The van der Waals surface area contributed by atoms with Crippen LogP contribution in [0, 0.1) is 10.8 Å². The molecule has 106 valence electrons. The van der Waals surface area contributed by atoms with Gasteiger partial charge in [0.15, 0.2) is 0 Å². The minimum Gasteiger partial charge on any atom is -0.387 e. The zero-order chi connectivity index (χ0) is 13.6. The molecule has 0 bridgehead atoms. The standard InChI is InChI=1S/C14H29N3O/c1-4-18-12-6-10-17(11-7-12)9-5-8-14(2,3)13(15)16/h12H,4-11H2,1-3H3,(H3,15,16). The van der Waals surface area contributed by atoms with Crippen LogP contribution in [0.25, 0.3) is 0 Å². The lowest BCUT2D eigenvalue weighted by Gasteiger charge is -2.32. The molecule has 1 aliphatic heterocycles. The van der Waals surface area contributed by atoms with Crippen molar-refractivity contribution in [2.75, 3.05) is 26.2 Å². The molecule has 0 amide bonds. The lowest BCUT2D eigenvalue weighted by molar-refractivity contribution is 0.0137. The molecule has 0 atom stereocenters. The van der Waals surface area contributed by atoms with Crippen molar-refractivity contribution in [1.29, 1.82) is 5.41 Å². The van der Waals surface area contributed by atoms with E-state index in [4.69, 9.17) is 15.9 Å². The molecule has 4 heteroatoms. The fraction of sp³-hybridized carbons (Fsp3) is 0.929. The fourth-order valence-corrected chi connectivity index (χ4v) is 2.41. The number of nitrogens with zero attached hydrogens (tertiary/aromatic N) is 1. The van der Waals surface area contributed by atoms with E-state index in [1.54, 1.807) is 0 Å². The first-order valence-electron chi connectivity index (χ1n) is 7.14. The SMILES string of the molecule is CCOC1CCN(CCCC(C)(C)C(=N)N)CC1. The van der Waals surface area contributed by atoms with Gasteiger partial charge in [-0.1, -0.05) is 13.8 Å². The van der Waals surface area contributed by atoms with Crippen LogP contribution in [0.1, 0.15) is 46.5 Å². The van der Waals surface area contributed by atoms with E-state index in [2.05, 4.69) is 25.7 Å². The van der Waals surface area contributed by atoms with E-state index in [0.717, 1.165) is 51.9 Å². The first-order chi connectivity index (χ1) is 8.45. The number of ether oxygens (including phenoxy) is 1. The molecule has 0 unspecified atom stereocenters. The first-order valence-corrected chi connectivity index (χ1v) is 7.14. The molecule has 0 saturated carbocycles. The highest BCUT2D eigenvalue weighted by molar-refractivity contribution is 5.82. The molecule has 3 N–H and O–H groups in total. The van der Waals surface area contributed by atoms with Crippen LogP contribution in [0.4, 0.5) is 0 Å². The van der Waals surface area contributed by atoms with Crippen molar-refractivity contribution in [2.24, 2.45) is 11.1 Å². The summed E-state index contributed by atoms with van der Waals surface area (Å²) in [5, 5.41) is 7.54.